The average Bonchev–Trinajstić information content (AvgIpc) is 2.63. The quantitative estimate of drug-likeness (QED) is 0.641. The summed E-state index contributed by atoms with van der Waals surface area (Å²) in [6, 6.07) is 0. The summed E-state index contributed by atoms with van der Waals surface area (Å²) in [6.07, 6.45) is 5.50. The molecular weight excluding hydrogens is 136 g/mol. The van der Waals surface area contributed by atoms with Gasteiger partial charge in [0.15, 0.2) is 0 Å². The van der Waals surface area contributed by atoms with E-state index < -0.39 is 0 Å². The Labute approximate surface area is 68.3 Å². The molecule has 2 nitrogen and oxygen atoms in total. The number of hydrogen-bond acceptors (Lipinski definition) is 2. The number of likely N-dealkylation sites (tertiary alicyclic amines) is 1. The second-order valence-electron chi connectivity index (χ2n) is 3.68. The fourth-order valence-corrected chi connectivity index (χ4v) is 2.16. The first kappa shape index (κ1) is 7.01. The molecular formula is C9H16N2. The SMILES string of the molecule is C=C(NC)N1CCCC12CC2. The highest BCUT2D eigenvalue weighted by molar-refractivity contribution is 5.13. The number of nitrogens with zero attached hydrogens (tertiary/aromatic N) is 1. The number of rotatable bonds is 2. The van der Waals surface area contributed by atoms with Gasteiger partial charge in [-0.05, 0) is 25.7 Å². The molecule has 0 atom stereocenters. The fourth-order valence-electron chi connectivity index (χ4n) is 2.16. The normalized spacial score (nSPS) is 25.7. The number of hydrogen-bond donors (Lipinski definition) is 1. The van der Waals surface area contributed by atoms with Gasteiger partial charge in [-0.2, -0.15) is 0 Å². The molecule has 0 unspecified atom stereocenters. The third kappa shape index (κ3) is 0.924. The summed E-state index contributed by atoms with van der Waals surface area (Å²) in [4.78, 5) is 2.45. The van der Waals surface area contributed by atoms with Crippen molar-refractivity contribution in [2.75, 3.05) is 13.6 Å². The summed E-state index contributed by atoms with van der Waals surface area (Å²) >= 11 is 0. The van der Waals surface area contributed by atoms with Crippen LogP contribution in [0.5, 0.6) is 0 Å². The molecule has 2 rings (SSSR count). The van der Waals surface area contributed by atoms with E-state index in [-0.39, 0.29) is 0 Å². The Morgan fingerprint density at radius 2 is 2.18 bits per heavy atom. The predicted molar refractivity (Wildman–Crippen MR) is 46.1 cm³/mol. The maximum Gasteiger partial charge on any atom is 0.0940 e. The molecule has 1 spiro atoms. The van der Waals surface area contributed by atoms with Crippen molar-refractivity contribution in [3.63, 3.8) is 0 Å². The smallest absolute Gasteiger partial charge is 0.0940 e. The van der Waals surface area contributed by atoms with Crippen LogP contribution in [0, 0.1) is 0 Å². The highest BCUT2D eigenvalue weighted by Crippen LogP contribution is 2.50. The average molecular weight is 152 g/mol. The Hall–Kier alpha value is -0.660. The molecule has 0 aromatic rings. The fraction of sp³-hybridized carbons (Fsp3) is 0.778. The second-order valence-corrected chi connectivity index (χ2v) is 3.68. The standard InChI is InChI=1S/C9H16N2/c1-8(10-2)11-7-3-4-9(11)5-6-9/h10H,1,3-7H2,2H3. The third-order valence-corrected chi connectivity index (χ3v) is 3.04. The molecule has 1 N–H and O–H groups in total. The van der Waals surface area contributed by atoms with E-state index in [0.29, 0.717) is 5.54 Å². The van der Waals surface area contributed by atoms with Crippen LogP contribution in [-0.2, 0) is 0 Å². The van der Waals surface area contributed by atoms with Crippen molar-refractivity contribution in [1.82, 2.24) is 10.2 Å². The highest BCUT2D eigenvalue weighted by Gasteiger charge is 2.50. The van der Waals surface area contributed by atoms with Crippen molar-refractivity contribution in [2.24, 2.45) is 0 Å². The van der Waals surface area contributed by atoms with Gasteiger partial charge in [-0.15, -0.1) is 0 Å². The maximum atomic E-state index is 4.01. The van der Waals surface area contributed by atoms with Crippen molar-refractivity contribution < 1.29 is 0 Å². The lowest BCUT2D eigenvalue weighted by Gasteiger charge is -2.27. The van der Waals surface area contributed by atoms with Gasteiger partial charge in [-0.3, -0.25) is 0 Å². The van der Waals surface area contributed by atoms with Crippen LogP contribution < -0.4 is 5.32 Å². The van der Waals surface area contributed by atoms with Gasteiger partial charge in [0.05, 0.1) is 5.82 Å². The Morgan fingerprint density at radius 3 is 2.73 bits per heavy atom. The van der Waals surface area contributed by atoms with Crippen LogP contribution >= 0.6 is 0 Å². The lowest BCUT2D eigenvalue weighted by atomic mass is 10.2. The molecule has 11 heavy (non-hydrogen) atoms. The summed E-state index contributed by atoms with van der Waals surface area (Å²) in [7, 11) is 1.96. The Bertz CT molecular complexity index is 182. The third-order valence-electron chi connectivity index (χ3n) is 3.04. The van der Waals surface area contributed by atoms with Gasteiger partial charge in [0.2, 0.25) is 0 Å². The molecule has 0 amide bonds. The molecule has 1 saturated carbocycles. The van der Waals surface area contributed by atoms with Crippen molar-refractivity contribution in [1.29, 1.82) is 0 Å². The van der Waals surface area contributed by atoms with E-state index in [0.717, 1.165) is 5.82 Å². The van der Waals surface area contributed by atoms with E-state index in [1.54, 1.807) is 0 Å². The van der Waals surface area contributed by atoms with Gasteiger partial charge in [0, 0.05) is 19.1 Å². The number of nitrogens with one attached hydrogen (secondary N) is 1. The molecule has 0 aromatic heterocycles. The molecule has 0 bridgehead atoms. The van der Waals surface area contributed by atoms with Crippen LogP contribution in [0.3, 0.4) is 0 Å². The van der Waals surface area contributed by atoms with Crippen LogP contribution in [0.25, 0.3) is 0 Å². The first-order valence-electron chi connectivity index (χ1n) is 4.43. The van der Waals surface area contributed by atoms with Crippen molar-refractivity contribution in [2.45, 2.75) is 31.2 Å². The highest BCUT2D eigenvalue weighted by atomic mass is 15.3. The van der Waals surface area contributed by atoms with Crippen LogP contribution in [0.2, 0.25) is 0 Å². The first-order valence-corrected chi connectivity index (χ1v) is 4.43. The molecule has 2 heteroatoms. The minimum atomic E-state index is 0.556. The predicted octanol–water partition coefficient (Wildman–Crippen LogP) is 1.31. The minimum Gasteiger partial charge on any atom is -0.375 e. The largest absolute Gasteiger partial charge is 0.375 e. The van der Waals surface area contributed by atoms with Crippen molar-refractivity contribution in [3.05, 3.63) is 12.4 Å². The van der Waals surface area contributed by atoms with E-state index in [9.17, 15) is 0 Å². The zero-order valence-corrected chi connectivity index (χ0v) is 7.19. The summed E-state index contributed by atoms with van der Waals surface area (Å²) in [6.45, 7) is 5.21. The van der Waals surface area contributed by atoms with E-state index in [1.165, 1.54) is 32.2 Å². The summed E-state index contributed by atoms with van der Waals surface area (Å²) in [5, 5.41) is 3.13. The lowest BCUT2D eigenvalue weighted by molar-refractivity contribution is 0.286. The molecule has 1 aliphatic carbocycles. The summed E-state index contributed by atoms with van der Waals surface area (Å²) in [5.41, 5.74) is 0.556. The summed E-state index contributed by atoms with van der Waals surface area (Å²) < 4.78 is 0. The molecule has 0 radical (unpaired) electrons. The van der Waals surface area contributed by atoms with E-state index in [1.807, 2.05) is 7.05 Å². The van der Waals surface area contributed by atoms with Gasteiger partial charge in [-0.25, -0.2) is 0 Å². The molecule has 2 aliphatic rings. The second kappa shape index (κ2) is 2.16. The zero-order valence-electron chi connectivity index (χ0n) is 7.19. The van der Waals surface area contributed by atoms with Crippen LogP contribution in [0.4, 0.5) is 0 Å². The van der Waals surface area contributed by atoms with E-state index in [4.69, 9.17) is 0 Å². The molecule has 1 saturated heterocycles. The summed E-state index contributed by atoms with van der Waals surface area (Å²) in [5.74, 6) is 1.11. The van der Waals surface area contributed by atoms with Crippen LogP contribution in [0.15, 0.2) is 12.4 Å². The van der Waals surface area contributed by atoms with Gasteiger partial charge in [0.25, 0.3) is 0 Å². The first-order chi connectivity index (χ1) is 5.28. The van der Waals surface area contributed by atoms with E-state index in [2.05, 4.69) is 16.8 Å². The van der Waals surface area contributed by atoms with E-state index >= 15 is 0 Å². The molecule has 2 fully saturated rings. The van der Waals surface area contributed by atoms with Crippen molar-refractivity contribution >= 4 is 0 Å². The monoisotopic (exact) mass is 152 g/mol. The topological polar surface area (TPSA) is 15.3 Å². The van der Waals surface area contributed by atoms with Crippen LogP contribution in [0.1, 0.15) is 25.7 Å². The Kier molecular flexibility index (Phi) is 1.38. The van der Waals surface area contributed by atoms with Crippen LogP contribution in [-0.4, -0.2) is 24.0 Å². The zero-order chi connectivity index (χ0) is 7.90. The minimum absolute atomic E-state index is 0.556. The molecule has 1 aliphatic heterocycles. The Morgan fingerprint density at radius 1 is 1.45 bits per heavy atom. The van der Waals surface area contributed by atoms with Gasteiger partial charge >= 0.3 is 0 Å². The van der Waals surface area contributed by atoms with Gasteiger partial charge in [-0.1, -0.05) is 6.58 Å². The molecule has 1 heterocycles. The molecule has 0 aromatic carbocycles. The maximum absolute atomic E-state index is 4.01. The van der Waals surface area contributed by atoms with Gasteiger partial charge < -0.3 is 10.2 Å². The Balaban J connectivity index is 2.08. The van der Waals surface area contributed by atoms with Gasteiger partial charge in [0.1, 0.15) is 0 Å². The lowest BCUT2D eigenvalue weighted by Crippen LogP contribution is -2.34. The molecule has 62 valence electrons. The van der Waals surface area contributed by atoms with Crippen molar-refractivity contribution in [3.8, 4) is 0 Å².